The Morgan fingerprint density at radius 3 is 1.91 bits per heavy atom. The second kappa shape index (κ2) is 5.36. The van der Waals surface area contributed by atoms with E-state index in [2.05, 4.69) is 53.4 Å². The molecule has 4 aromatic rings. The Bertz CT molecular complexity index is 934. The van der Waals surface area contributed by atoms with Crippen molar-refractivity contribution in [2.45, 2.75) is 13.0 Å². The van der Waals surface area contributed by atoms with Crippen molar-refractivity contribution in [2.24, 2.45) is 0 Å². The highest BCUT2D eigenvalue weighted by molar-refractivity contribution is 6.08. The molecular weight excluding hydrogens is 284 g/mol. The quantitative estimate of drug-likeness (QED) is 0.570. The summed E-state index contributed by atoms with van der Waals surface area (Å²) in [5, 5.41) is 12.5. The van der Waals surface area contributed by atoms with Gasteiger partial charge in [-0.3, -0.25) is 4.68 Å². The van der Waals surface area contributed by atoms with Crippen LogP contribution >= 0.6 is 0 Å². The van der Waals surface area contributed by atoms with Crippen molar-refractivity contribution in [3.8, 4) is 5.75 Å². The number of benzene rings is 3. The van der Waals surface area contributed by atoms with E-state index in [1.807, 2.05) is 30.3 Å². The zero-order valence-electron chi connectivity index (χ0n) is 12.9. The van der Waals surface area contributed by atoms with Gasteiger partial charge in [0, 0.05) is 16.3 Å². The van der Waals surface area contributed by atoms with E-state index in [1.165, 1.54) is 10.8 Å². The number of aromatic hydroxyl groups is 1. The number of nitrogens with one attached hydrogen (secondary N) is 1. The van der Waals surface area contributed by atoms with Crippen LogP contribution in [-0.2, 0) is 0 Å². The van der Waals surface area contributed by atoms with Gasteiger partial charge in [-0.1, -0.05) is 54.6 Å². The smallest absolute Gasteiger partial charge is 0.120 e. The maximum atomic E-state index is 10.1. The van der Waals surface area contributed by atoms with Gasteiger partial charge in [0.15, 0.2) is 0 Å². The summed E-state index contributed by atoms with van der Waals surface area (Å²) in [6.45, 7) is 2.05. The summed E-state index contributed by atoms with van der Waals surface area (Å²) in [5.74, 6) is 0.313. The third-order valence-electron chi connectivity index (χ3n) is 4.31. The number of phenolic OH excluding ortho intramolecular Hbond substituents is 1. The van der Waals surface area contributed by atoms with Crippen molar-refractivity contribution in [1.29, 1.82) is 0 Å². The number of aromatic nitrogens is 1. The molecule has 3 aromatic carbocycles. The van der Waals surface area contributed by atoms with Gasteiger partial charge >= 0.3 is 0 Å². The van der Waals surface area contributed by atoms with Gasteiger partial charge in [-0.25, -0.2) is 0 Å². The summed E-state index contributed by atoms with van der Waals surface area (Å²) < 4.78 is 2.11. The van der Waals surface area contributed by atoms with E-state index in [0.717, 1.165) is 16.6 Å². The lowest BCUT2D eigenvalue weighted by Crippen LogP contribution is -2.18. The van der Waals surface area contributed by atoms with Crippen molar-refractivity contribution in [1.82, 2.24) is 4.68 Å². The Kier molecular flexibility index (Phi) is 3.19. The third-order valence-corrected chi connectivity index (χ3v) is 4.31. The first-order valence-corrected chi connectivity index (χ1v) is 7.78. The average Bonchev–Trinajstić information content (AvgIpc) is 2.90. The Morgan fingerprint density at radius 2 is 1.30 bits per heavy atom. The minimum Gasteiger partial charge on any atom is -0.508 e. The lowest BCUT2D eigenvalue weighted by Gasteiger charge is -2.19. The number of phenols is 1. The summed E-state index contributed by atoms with van der Waals surface area (Å²) in [6, 6.07) is 24.1. The molecule has 23 heavy (non-hydrogen) atoms. The van der Waals surface area contributed by atoms with Gasteiger partial charge in [-0.2, -0.15) is 0 Å². The van der Waals surface area contributed by atoms with E-state index in [0.29, 0.717) is 5.75 Å². The van der Waals surface area contributed by atoms with Gasteiger partial charge in [0.25, 0.3) is 0 Å². The second-order valence-corrected chi connectivity index (χ2v) is 5.78. The predicted octanol–water partition coefficient (Wildman–Crippen LogP) is 4.80. The second-order valence-electron chi connectivity index (χ2n) is 5.78. The predicted molar refractivity (Wildman–Crippen MR) is 95.3 cm³/mol. The largest absolute Gasteiger partial charge is 0.508 e. The number of hydrogen-bond acceptors (Lipinski definition) is 2. The summed E-state index contributed by atoms with van der Waals surface area (Å²) in [4.78, 5) is 0. The van der Waals surface area contributed by atoms with E-state index < -0.39 is 0 Å². The molecule has 0 radical (unpaired) electrons. The molecule has 1 atom stereocenters. The Hall–Kier alpha value is -2.94. The Balaban J connectivity index is 1.86. The molecule has 0 aliphatic heterocycles. The van der Waals surface area contributed by atoms with Gasteiger partial charge in [0.05, 0.1) is 17.1 Å². The number of hydrogen-bond donors (Lipinski definition) is 2. The molecule has 0 spiro atoms. The van der Waals surface area contributed by atoms with Gasteiger partial charge in [-0.15, -0.1) is 0 Å². The average molecular weight is 302 g/mol. The monoisotopic (exact) mass is 302 g/mol. The molecule has 0 saturated carbocycles. The molecule has 1 aromatic heterocycles. The van der Waals surface area contributed by atoms with Crippen LogP contribution in [0.4, 0.5) is 0 Å². The summed E-state index contributed by atoms with van der Waals surface area (Å²) >= 11 is 0. The highest BCUT2D eigenvalue weighted by atomic mass is 16.3. The SMILES string of the molecule is CC(Nn1c2ccccc2c2ccccc21)c1ccccc1O. The molecule has 0 aliphatic rings. The summed E-state index contributed by atoms with van der Waals surface area (Å²) in [6.07, 6.45) is 0. The zero-order valence-corrected chi connectivity index (χ0v) is 12.9. The molecule has 3 nitrogen and oxygen atoms in total. The molecule has 0 aliphatic carbocycles. The van der Waals surface area contributed by atoms with Crippen LogP contribution in [0.1, 0.15) is 18.5 Å². The maximum absolute atomic E-state index is 10.1. The number of rotatable bonds is 3. The Labute approximate surface area is 134 Å². The molecule has 0 bridgehead atoms. The first kappa shape index (κ1) is 13.7. The molecule has 1 unspecified atom stereocenters. The van der Waals surface area contributed by atoms with Crippen LogP contribution in [0.2, 0.25) is 0 Å². The van der Waals surface area contributed by atoms with E-state index in [4.69, 9.17) is 0 Å². The van der Waals surface area contributed by atoms with Crippen LogP contribution in [0.25, 0.3) is 21.8 Å². The van der Waals surface area contributed by atoms with E-state index in [1.54, 1.807) is 6.07 Å². The van der Waals surface area contributed by atoms with E-state index in [9.17, 15) is 5.11 Å². The first-order valence-electron chi connectivity index (χ1n) is 7.78. The minimum atomic E-state index is -0.0181. The minimum absolute atomic E-state index is 0.0181. The van der Waals surface area contributed by atoms with Crippen LogP contribution in [0, 0.1) is 0 Å². The number of para-hydroxylation sites is 3. The van der Waals surface area contributed by atoms with Crippen molar-refractivity contribution < 1.29 is 5.11 Å². The van der Waals surface area contributed by atoms with Crippen LogP contribution < -0.4 is 5.43 Å². The molecule has 0 saturated heterocycles. The summed E-state index contributed by atoms with van der Waals surface area (Å²) in [7, 11) is 0. The molecule has 0 fully saturated rings. The molecule has 0 amide bonds. The van der Waals surface area contributed by atoms with Gasteiger partial charge in [0.2, 0.25) is 0 Å². The molecule has 1 heterocycles. The third kappa shape index (κ3) is 2.21. The fourth-order valence-corrected chi connectivity index (χ4v) is 3.18. The molecule has 3 heteroatoms. The summed E-state index contributed by atoms with van der Waals surface area (Å²) in [5.41, 5.74) is 6.68. The molecule has 4 rings (SSSR count). The first-order chi connectivity index (χ1) is 11.3. The van der Waals surface area contributed by atoms with Crippen LogP contribution in [-0.4, -0.2) is 9.78 Å². The van der Waals surface area contributed by atoms with Crippen molar-refractivity contribution in [2.75, 3.05) is 5.43 Å². The highest BCUT2D eigenvalue weighted by Crippen LogP contribution is 2.30. The molecule has 114 valence electrons. The van der Waals surface area contributed by atoms with Gasteiger partial charge in [-0.05, 0) is 25.1 Å². The van der Waals surface area contributed by atoms with Crippen molar-refractivity contribution in [3.05, 3.63) is 78.4 Å². The topological polar surface area (TPSA) is 37.2 Å². The zero-order chi connectivity index (χ0) is 15.8. The fourth-order valence-electron chi connectivity index (χ4n) is 3.18. The number of fused-ring (bicyclic) bond motifs is 3. The lowest BCUT2D eigenvalue weighted by molar-refractivity contribution is 0.464. The number of nitrogens with zero attached hydrogens (tertiary/aromatic N) is 1. The van der Waals surface area contributed by atoms with Crippen molar-refractivity contribution in [3.63, 3.8) is 0 Å². The fraction of sp³-hybridized carbons (Fsp3) is 0.100. The standard InChI is InChI=1S/C20H18N2O/c1-14(15-8-4-7-13-20(15)23)21-22-18-11-5-2-9-16(18)17-10-3-6-12-19(17)22/h2-14,21,23H,1H3. The van der Waals surface area contributed by atoms with E-state index in [-0.39, 0.29) is 6.04 Å². The van der Waals surface area contributed by atoms with Crippen LogP contribution in [0.3, 0.4) is 0 Å². The molecule has 2 N–H and O–H groups in total. The highest BCUT2D eigenvalue weighted by Gasteiger charge is 2.14. The van der Waals surface area contributed by atoms with E-state index >= 15 is 0 Å². The normalized spacial score (nSPS) is 12.6. The van der Waals surface area contributed by atoms with Gasteiger partial charge in [0.1, 0.15) is 5.75 Å². The lowest BCUT2D eigenvalue weighted by atomic mass is 10.1. The van der Waals surface area contributed by atoms with Crippen LogP contribution in [0.5, 0.6) is 5.75 Å². The van der Waals surface area contributed by atoms with Crippen LogP contribution in [0.15, 0.2) is 72.8 Å². The molecular formula is C20H18N2O. The Morgan fingerprint density at radius 1 is 0.783 bits per heavy atom. The maximum Gasteiger partial charge on any atom is 0.120 e. The van der Waals surface area contributed by atoms with Gasteiger partial charge < -0.3 is 10.5 Å². The van der Waals surface area contributed by atoms with Crippen molar-refractivity contribution >= 4 is 21.8 Å².